The summed E-state index contributed by atoms with van der Waals surface area (Å²) < 4.78 is 11.6. The van der Waals surface area contributed by atoms with E-state index in [1.54, 1.807) is 0 Å². The van der Waals surface area contributed by atoms with E-state index in [2.05, 4.69) is 36.4 Å². The van der Waals surface area contributed by atoms with Crippen molar-refractivity contribution in [3.63, 3.8) is 0 Å². The normalized spacial score (nSPS) is 10.5. The van der Waals surface area contributed by atoms with Gasteiger partial charge >= 0.3 is 0 Å². The van der Waals surface area contributed by atoms with Gasteiger partial charge in [-0.25, -0.2) is 0 Å². The maximum Gasteiger partial charge on any atom is 0.120 e. The van der Waals surface area contributed by atoms with Crippen LogP contribution in [-0.4, -0.2) is 6.61 Å². The molecule has 0 aromatic heterocycles. The molecule has 0 bridgehead atoms. The number of benzene rings is 3. The maximum absolute atomic E-state index is 5.87. The van der Waals surface area contributed by atoms with Crippen molar-refractivity contribution >= 4 is 0 Å². The van der Waals surface area contributed by atoms with Crippen LogP contribution in [0.5, 0.6) is 5.75 Å². The van der Waals surface area contributed by atoms with E-state index in [0.717, 1.165) is 12.2 Å². The highest BCUT2D eigenvalue weighted by atomic mass is 16.5. The van der Waals surface area contributed by atoms with E-state index in [4.69, 9.17) is 9.47 Å². The van der Waals surface area contributed by atoms with E-state index >= 15 is 0 Å². The molecular weight excluding hydrogens is 296 g/mol. The Kier molecular flexibility index (Phi) is 6.04. The molecule has 0 heterocycles. The third-order valence-corrected chi connectivity index (χ3v) is 3.79. The first kappa shape index (κ1) is 16.3. The summed E-state index contributed by atoms with van der Waals surface area (Å²) in [6.07, 6.45) is 0.884. The predicted octanol–water partition coefficient (Wildman–Crippen LogP) is 5.02. The van der Waals surface area contributed by atoms with Crippen molar-refractivity contribution < 1.29 is 9.47 Å². The smallest absolute Gasteiger partial charge is 0.120 e. The zero-order chi connectivity index (χ0) is 16.5. The summed E-state index contributed by atoms with van der Waals surface area (Å²) in [6, 6.07) is 28.7. The van der Waals surface area contributed by atoms with Gasteiger partial charge in [-0.3, -0.25) is 0 Å². The van der Waals surface area contributed by atoms with E-state index < -0.39 is 0 Å². The monoisotopic (exact) mass is 318 g/mol. The minimum atomic E-state index is 0.592. The van der Waals surface area contributed by atoms with Crippen LogP contribution in [0.15, 0.2) is 84.9 Å². The van der Waals surface area contributed by atoms with Crippen molar-refractivity contribution in [2.45, 2.75) is 19.6 Å². The molecule has 3 aromatic carbocycles. The van der Waals surface area contributed by atoms with Crippen LogP contribution in [0, 0.1) is 0 Å². The van der Waals surface area contributed by atoms with Crippen molar-refractivity contribution in [3.05, 3.63) is 102 Å². The Labute approximate surface area is 143 Å². The van der Waals surface area contributed by atoms with Gasteiger partial charge in [0.25, 0.3) is 0 Å². The molecule has 0 aliphatic rings. The molecule has 24 heavy (non-hydrogen) atoms. The van der Waals surface area contributed by atoms with Crippen molar-refractivity contribution in [1.29, 1.82) is 0 Å². The van der Waals surface area contributed by atoms with Gasteiger partial charge in [-0.1, -0.05) is 72.8 Å². The minimum Gasteiger partial charge on any atom is -0.489 e. The minimum absolute atomic E-state index is 0.592. The topological polar surface area (TPSA) is 18.5 Å². The summed E-state index contributed by atoms with van der Waals surface area (Å²) in [5, 5.41) is 0. The van der Waals surface area contributed by atoms with Crippen LogP contribution >= 0.6 is 0 Å². The largest absolute Gasteiger partial charge is 0.489 e. The molecule has 2 heteroatoms. The number of ether oxygens (including phenoxy) is 2. The molecule has 122 valence electrons. The van der Waals surface area contributed by atoms with E-state index in [0.29, 0.717) is 19.8 Å². The molecule has 0 amide bonds. The van der Waals surface area contributed by atoms with Gasteiger partial charge in [0.2, 0.25) is 0 Å². The van der Waals surface area contributed by atoms with E-state index in [1.165, 1.54) is 16.7 Å². The number of hydrogen-bond donors (Lipinski definition) is 0. The van der Waals surface area contributed by atoms with E-state index in [9.17, 15) is 0 Å². The molecule has 0 radical (unpaired) electrons. The van der Waals surface area contributed by atoms with Gasteiger partial charge in [-0.2, -0.15) is 0 Å². The fourth-order valence-corrected chi connectivity index (χ4v) is 2.49. The van der Waals surface area contributed by atoms with E-state index in [-0.39, 0.29) is 0 Å². The zero-order valence-corrected chi connectivity index (χ0v) is 13.7. The molecule has 0 aliphatic carbocycles. The summed E-state index contributed by atoms with van der Waals surface area (Å²) in [5.41, 5.74) is 3.61. The predicted molar refractivity (Wildman–Crippen MR) is 97.0 cm³/mol. The zero-order valence-electron chi connectivity index (χ0n) is 13.7. The molecule has 3 rings (SSSR count). The second-order valence-electron chi connectivity index (χ2n) is 5.71. The molecule has 0 aliphatic heterocycles. The van der Waals surface area contributed by atoms with E-state index in [1.807, 2.05) is 48.5 Å². The van der Waals surface area contributed by atoms with Gasteiger partial charge < -0.3 is 9.47 Å². The Balaban J connectivity index is 1.45. The van der Waals surface area contributed by atoms with Gasteiger partial charge in [0.05, 0.1) is 13.2 Å². The number of hydrogen-bond acceptors (Lipinski definition) is 2. The molecule has 3 aromatic rings. The van der Waals surface area contributed by atoms with Crippen LogP contribution in [0.25, 0.3) is 0 Å². The average Bonchev–Trinajstić information content (AvgIpc) is 2.66. The molecule has 0 fully saturated rings. The fourth-order valence-electron chi connectivity index (χ4n) is 2.49. The first-order valence-electron chi connectivity index (χ1n) is 8.27. The van der Waals surface area contributed by atoms with Crippen LogP contribution in [0.3, 0.4) is 0 Å². The van der Waals surface area contributed by atoms with Crippen LogP contribution in [0.1, 0.15) is 16.7 Å². The molecule has 2 nitrogen and oxygen atoms in total. The summed E-state index contributed by atoms with van der Waals surface area (Å²) in [7, 11) is 0. The third kappa shape index (κ3) is 5.25. The van der Waals surface area contributed by atoms with Crippen molar-refractivity contribution in [2.24, 2.45) is 0 Å². The molecule has 0 spiro atoms. The Hall–Kier alpha value is -2.58. The summed E-state index contributed by atoms with van der Waals surface area (Å²) in [4.78, 5) is 0. The third-order valence-electron chi connectivity index (χ3n) is 3.79. The van der Waals surface area contributed by atoms with Gasteiger partial charge in [0.1, 0.15) is 12.4 Å². The fraction of sp³-hybridized carbons (Fsp3) is 0.182. The summed E-state index contributed by atoms with van der Waals surface area (Å²) in [6.45, 7) is 1.96. The maximum atomic E-state index is 5.87. The Morgan fingerprint density at radius 3 is 1.92 bits per heavy atom. The molecule has 0 unspecified atom stereocenters. The lowest BCUT2D eigenvalue weighted by atomic mass is 10.1. The van der Waals surface area contributed by atoms with Crippen molar-refractivity contribution in [3.8, 4) is 5.75 Å². The molecule has 0 saturated carbocycles. The second-order valence-corrected chi connectivity index (χ2v) is 5.71. The molecule has 0 saturated heterocycles. The van der Waals surface area contributed by atoms with Crippen LogP contribution < -0.4 is 4.74 Å². The quantitative estimate of drug-likeness (QED) is 0.543. The van der Waals surface area contributed by atoms with Gasteiger partial charge in [0, 0.05) is 0 Å². The van der Waals surface area contributed by atoms with Gasteiger partial charge in [-0.15, -0.1) is 0 Å². The first-order valence-corrected chi connectivity index (χ1v) is 8.27. The average molecular weight is 318 g/mol. The highest BCUT2D eigenvalue weighted by Crippen LogP contribution is 2.16. The van der Waals surface area contributed by atoms with Gasteiger partial charge in [-0.05, 0) is 35.2 Å². The molecule has 0 atom stereocenters. The molecular formula is C22H22O2. The van der Waals surface area contributed by atoms with Crippen molar-refractivity contribution in [1.82, 2.24) is 0 Å². The second kappa shape index (κ2) is 8.90. The standard InChI is InChI=1S/C22H22O2/c1-3-8-20(9-4-1)17-23-15-14-19-12-7-13-22(16-19)24-18-21-10-5-2-6-11-21/h1-13,16H,14-15,17-18H2. The lowest BCUT2D eigenvalue weighted by molar-refractivity contribution is 0.124. The SMILES string of the molecule is c1ccc(COCCc2cccc(OCc3ccccc3)c2)cc1. The van der Waals surface area contributed by atoms with Crippen molar-refractivity contribution in [2.75, 3.05) is 6.61 Å². The lowest BCUT2D eigenvalue weighted by Gasteiger charge is -2.09. The lowest BCUT2D eigenvalue weighted by Crippen LogP contribution is -2.00. The van der Waals surface area contributed by atoms with Gasteiger partial charge in [0.15, 0.2) is 0 Å². The summed E-state index contributed by atoms with van der Waals surface area (Å²) >= 11 is 0. The van der Waals surface area contributed by atoms with Crippen LogP contribution in [-0.2, 0) is 24.4 Å². The first-order chi connectivity index (χ1) is 11.9. The number of rotatable bonds is 8. The Bertz CT molecular complexity index is 723. The Morgan fingerprint density at radius 1 is 0.583 bits per heavy atom. The Morgan fingerprint density at radius 2 is 1.21 bits per heavy atom. The molecule has 0 N–H and O–H groups in total. The highest BCUT2D eigenvalue weighted by Gasteiger charge is 1.99. The summed E-state index contributed by atoms with van der Waals surface area (Å²) in [5.74, 6) is 0.902. The van der Waals surface area contributed by atoms with Crippen LogP contribution in [0.2, 0.25) is 0 Å². The van der Waals surface area contributed by atoms with Crippen LogP contribution in [0.4, 0.5) is 0 Å². The highest BCUT2D eigenvalue weighted by molar-refractivity contribution is 5.29.